The fourth-order valence-corrected chi connectivity index (χ4v) is 2.05. The van der Waals surface area contributed by atoms with Crippen molar-refractivity contribution in [3.05, 3.63) is 54.6 Å². The molecule has 0 saturated carbocycles. The third-order valence-electron chi connectivity index (χ3n) is 3.08. The van der Waals surface area contributed by atoms with Crippen molar-refractivity contribution in [3.63, 3.8) is 0 Å². The number of hydrogen-bond donors (Lipinski definition) is 1. The Bertz CT molecular complexity index is 505. The molecule has 0 bridgehead atoms. The van der Waals surface area contributed by atoms with Crippen LogP contribution in [-0.4, -0.2) is 18.8 Å². The number of hydrogen-bond acceptors (Lipinski definition) is 2. The van der Waals surface area contributed by atoms with Crippen molar-refractivity contribution in [2.45, 2.75) is 32.9 Å². The minimum atomic E-state index is 0.278. The molecule has 0 aromatic heterocycles. The van der Waals surface area contributed by atoms with Crippen LogP contribution in [0.3, 0.4) is 0 Å². The van der Waals surface area contributed by atoms with Crippen LogP contribution in [0, 0.1) is 0 Å². The van der Waals surface area contributed by atoms with Crippen LogP contribution in [-0.2, 0) is 4.74 Å². The van der Waals surface area contributed by atoms with Crippen LogP contribution in [0.5, 0.6) is 0 Å². The molecule has 0 fully saturated rings. The number of benzene rings is 2. The van der Waals surface area contributed by atoms with Crippen molar-refractivity contribution in [1.29, 1.82) is 0 Å². The summed E-state index contributed by atoms with van der Waals surface area (Å²) in [5.41, 5.74) is 3.61. The second-order valence-corrected chi connectivity index (χ2v) is 5.37. The lowest BCUT2D eigenvalue weighted by molar-refractivity contribution is 0.0743. The molecule has 0 heterocycles. The summed E-state index contributed by atoms with van der Waals surface area (Å²) in [6, 6.07) is 19.3. The lowest BCUT2D eigenvalue weighted by Gasteiger charge is -2.17. The van der Waals surface area contributed by atoms with Gasteiger partial charge in [-0.2, -0.15) is 0 Å². The molecule has 2 heteroatoms. The van der Waals surface area contributed by atoms with E-state index in [0.29, 0.717) is 6.04 Å². The standard InChI is InChI=1S/C18H23NO/c1-14(2)20-13-15(3)19-18-11-9-17(10-12-18)16-7-5-4-6-8-16/h4-12,14-15,19H,13H2,1-3H3. The monoisotopic (exact) mass is 269 g/mol. The second kappa shape index (κ2) is 7.11. The van der Waals surface area contributed by atoms with Gasteiger partial charge in [0.05, 0.1) is 12.7 Å². The quantitative estimate of drug-likeness (QED) is 0.829. The molecule has 1 N–H and O–H groups in total. The summed E-state index contributed by atoms with van der Waals surface area (Å²) in [5.74, 6) is 0. The van der Waals surface area contributed by atoms with Crippen molar-refractivity contribution in [1.82, 2.24) is 0 Å². The molecule has 2 nitrogen and oxygen atoms in total. The predicted molar refractivity (Wildman–Crippen MR) is 86.1 cm³/mol. The third-order valence-corrected chi connectivity index (χ3v) is 3.08. The maximum atomic E-state index is 5.61. The summed E-state index contributed by atoms with van der Waals surface area (Å²) in [7, 11) is 0. The Hall–Kier alpha value is -1.80. The highest BCUT2D eigenvalue weighted by molar-refractivity contribution is 5.65. The zero-order valence-corrected chi connectivity index (χ0v) is 12.5. The van der Waals surface area contributed by atoms with E-state index in [-0.39, 0.29) is 6.10 Å². The Kier molecular flexibility index (Phi) is 5.19. The maximum absolute atomic E-state index is 5.61. The minimum absolute atomic E-state index is 0.278. The number of nitrogens with one attached hydrogen (secondary N) is 1. The van der Waals surface area contributed by atoms with Crippen LogP contribution < -0.4 is 5.32 Å². The van der Waals surface area contributed by atoms with Gasteiger partial charge in [0.25, 0.3) is 0 Å². The molecule has 0 amide bonds. The van der Waals surface area contributed by atoms with Crippen LogP contribution in [0.1, 0.15) is 20.8 Å². The maximum Gasteiger partial charge on any atom is 0.0668 e. The van der Waals surface area contributed by atoms with E-state index in [0.717, 1.165) is 12.3 Å². The van der Waals surface area contributed by atoms with Gasteiger partial charge in [-0.25, -0.2) is 0 Å². The predicted octanol–water partition coefficient (Wildman–Crippen LogP) is 4.58. The van der Waals surface area contributed by atoms with Gasteiger partial charge in [-0.1, -0.05) is 42.5 Å². The zero-order chi connectivity index (χ0) is 14.4. The molecular weight excluding hydrogens is 246 g/mol. The molecule has 0 radical (unpaired) electrons. The van der Waals surface area contributed by atoms with E-state index in [2.05, 4.69) is 74.6 Å². The molecule has 1 unspecified atom stereocenters. The Morgan fingerprint density at radius 1 is 0.850 bits per heavy atom. The van der Waals surface area contributed by atoms with Crippen molar-refractivity contribution in [2.75, 3.05) is 11.9 Å². The summed E-state index contributed by atoms with van der Waals surface area (Å²) in [6.45, 7) is 6.97. The summed E-state index contributed by atoms with van der Waals surface area (Å²) < 4.78 is 5.61. The fourth-order valence-electron chi connectivity index (χ4n) is 2.05. The zero-order valence-electron chi connectivity index (χ0n) is 12.5. The van der Waals surface area contributed by atoms with Gasteiger partial charge in [-0.15, -0.1) is 0 Å². The molecule has 2 rings (SSSR count). The normalized spacial score (nSPS) is 12.4. The van der Waals surface area contributed by atoms with E-state index in [1.807, 2.05) is 6.07 Å². The van der Waals surface area contributed by atoms with Gasteiger partial charge in [0.15, 0.2) is 0 Å². The average Bonchev–Trinajstić information content (AvgIpc) is 2.47. The molecule has 0 aliphatic rings. The van der Waals surface area contributed by atoms with Crippen LogP contribution in [0.25, 0.3) is 11.1 Å². The molecule has 1 atom stereocenters. The highest BCUT2D eigenvalue weighted by Crippen LogP contribution is 2.21. The van der Waals surface area contributed by atoms with E-state index >= 15 is 0 Å². The summed E-state index contributed by atoms with van der Waals surface area (Å²) >= 11 is 0. The van der Waals surface area contributed by atoms with Gasteiger partial charge < -0.3 is 10.1 Å². The smallest absolute Gasteiger partial charge is 0.0668 e. The molecule has 2 aromatic rings. The van der Waals surface area contributed by atoms with E-state index < -0.39 is 0 Å². The van der Waals surface area contributed by atoms with Crippen molar-refractivity contribution in [3.8, 4) is 11.1 Å². The topological polar surface area (TPSA) is 21.3 Å². The first kappa shape index (κ1) is 14.6. The van der Waals surface area contributed by atoms with E-state index in [4.69, 9.17) is 4.74 Å². The summed E-state index contributed by atoms with van der Waals surface area (Å²) in [5, 5.41) is 3.45. The molecule has 106 valence electrons. The summed E-state index contributed by atoms with van der Waals surface area (Å²) in [6.07, 6.45) is 0.278. The SMILES string of the molecule is CC(COC(C)C)Nc1ccc(-c2ccccc2)cc1. The van der Waals surface area contributed by atoms with E-state index in [9.17, 15) is 0 Å². The van der Waals surface area contributed by atoms with Gasteiger partial charge in [0, 0.05) is 11.7 Å². The van der Waals surface area contributed by atoms with Crippen LogP contribution >= 0.6 is 0 Å². The second-order valence-electron chi connectivity index (χ2n) is 5.37. The number of rotatable bonds is 6. The lowest BCUT2D eigenvalue weighted by atomic mass is 10.1. The number of ether oxygens (including phenoxy) is 1. The van der Waals surface area contributed by atoms with Crippen LogP contribution in [0.4, 0.5) is 5.69 Å². The van der Waals surface area contributed by atoms with Gasteiger partial charge in [-0.3, -0.25) is 0 Å². The first-order valence-electron chi connectivity index (χ1n) is 7.19. The third kappa shape index (κ3) is 4.39. The highest BCUT2D eigenvalue weighted by Gasteiger charge is 2.04. The Balaban J connectivity index is 1.95. The van der Waals surface area contributed by atoms with Gasteiger partial charge in [0.2, 0.25) is 0 Å². The molecular formula is C18H23NO. The Morgan fingerprint density at radius 3 is 2.05 bits per heavy atom. The minimum Gasteiger partial charge on any atom is -0.380 e. The molecule has 20 heavy (non-hydrogen) atoms. The molecule has 0 saturated heterocycles. The van der Waals surface area contributed by atoms with Crippen molar-refractivity contribution in [2.24, 2.45) is 0 Å². The number of anilines is 1. The molecule has 0 aliphatic carbocycles. The summed E-state index contributed by atoms with van der Waals surface area (Å²) in [4.78, 5) is 0. The van der Waals surface area contributed by atoms with E-state index in [1.165, 1.54) is 11.1 Å². The molecule has 0 spiro atoms. The van der Waals surface area contributed by atoms with Gasteiger partial charge >= 0.3 is 0 Å². The molecule has 0 aliphatic heterocycles. The lowest BCUT2D eigenvalue weighted by Crippen LogP contribution is -2.23. The fraction of sp³-hybridized carbons (Fsp3) is 0.333. The first-order valence-corrected chi connectivity index (χ1v) is 7.19. The Labute approximate surface area is 121 Å². The van der Waals surface area contributed by atoms with Gasteiger partial charge in [-0.05, 0) is 44.0 Å². The largest absolute Gasteiger partial charge is 0.380 e. The molecule has 2 aromatic carbocycles. The van der Waals surface area contributed by atoms with Crippen LogP contribution in [0.15, 0.2) is 54.6 Å². The van der Waals surface area contributed by atoms with Crippen molar-refractivity contribution >= 4 is 5.69 Å². The highest BCUT2D eigenvalue weighted by atomic mass is 16.5. The van der Waals surface area contributed by atoms with Gasteiger partial charge in [0.1, 0.15) is 0 Å². The average molecular weight is 269 g/mol. The van der Waals surface area contributed by atoms with Crippen LogP contribution in [0.2, 0.25) is 0 Å². The van der Waals surface area contributed by atoms with Crippen molar-refractivity contribution < 1.29 is 4.74 Å². The van der Waals surface area contributed by atoms with E-state index in [1.54, 1.807) is 0 Å². The Morgan fingerprint density at radius 2 is 1.45 bits per heavy atom. The first-order chi connectivity index (χ1) is 9.65.